The summed E-state index contributed by atoms with van der Waals surface area (Å²) in [5.74, 6) is 1.91. The summed E-state index contributed by atoms with van der Waals surface area (Å²) in [6.45, 7) is 4.99. The second-order valence-corrected chi connectivity index (χ2v) is 10.1. The number of hydrogen-bond acceptors (Lipinski definition) is 7. The number of imidazole rings is 1. The maximum atomic E-state index is 12.8. The lowest BCUT2D eigenvalue weighted by Gasteiger charge is -2.42. The maximum Gasteiger partial charge on any atom is 0.419 e. The number of carbonyl (C=O) groups excluding carboxylic acids is 1. The summed E-state index contributed by atoms with van der Waals surface area (Å²) in [5.41, 5.74) is 7.99. The normalized spacial score (nSPS) is 34.4. The molecule has 2 aliphatic heterocycles. The average molecular weight is 443 g/mol. The molecule has 0 amide bonds. The van der Waals surface area contributed by atoms with Crippen molar-refractivity contribution in [2.45, 2.75) is 70.6 Å². The van der Waals surface area contributed by atoms with Gasteiger partial charge in [-0.15, -0.1) is 0 Å². The molecule has 32 heavy (non-hydrogen) atoms. The molecule has 3 unspecified atom stereocenters. The van der Waals surface area contributed by atoms with Gasteiger partial charge in [-0.25, -0.2) is 14.3 Å². The fraction of sp³-hybridized carbons (Fsp3) is 0.667. The summed E-state index contributed by atoms with van der Waals surface area (Å²) >= 11 is 0. The van der Waals surface area contributed by atoms with E-state index >= 15 is 0 Å². The minimum Gasteiger partial charge on any atom is -0.493 e. The van der Waals surface area contributed by atoms with Crippen molar-refractivity contribution < 1.29 is 19.1 Å². The van der Waals surface area contributed by atoms with Gasteiger partial charge in [0.2, 0.25) is 0 Å². The zero-order valence-electron chi connectivity index (χ0n) is 19.2. The Morgan fingerprint density at radius 3 is 3.06 bits per heavy atom. The highest BCUT2D eigenvalue weighted by Gasteiger charge is 2.56. The highest BCUT2D eigenvalue weighted by molar-refractivity contribution is 5.70. The first-order valence-corrected chi connectivity index (χ1v) is 11.8. The summed E-state index contributed by atoms with van der Waals surface area (Å²) in [5, 5.41) is 1.90. The van der Waals surface area contributed by atoms with E-state index in [0.717, 1.165) is 37.3 Å². The molecule has 2 aliphatic carbocycles. The third-order valence-corrected chi connectivity index (χ3v) is 7.46. The average Bonchev–Trinajstić information content (AvgIpc) is 3.28. The van der Waals surface area contributed by atoms with Gasteiger partial charge in [-0.2, -0.15) is 0 Å². The van der Waals surface area contributed by atoms with E-state index in [2.05, 4.69) is 24.2 Å². The van der Waals surface area contributed by atoms with Gasteiger partial charge in [0.15, 0.2) is 0 Å². The molecule has 1 aromatic heterocycles. The van der Waals surface area contributed by atoms with Gasteiger partial charge >= 0.3 is 6.09 Å². The van der Waals surface area contributed by atoms with Gasteiger partial charge in [0.1, 0.15) is 24.3 Å². The molecule has 6 atom stereocenters. The van der Waals surface area contributed by atoms with Crippen LogP contribution in [0.3, 0.4) is 0 Å². The molecule has 1 fully saturated rings. The Morgan fingerprint density at radius 2 is 2.28 bits per heavy atom. The van der Waals surface area contributed by atoms with E-state index in [1.807, 2.05) is 12.0 Å². The maximum absolute atomic E-state index is 12.8. The number of rotatable bonds is 4. The van der Waals surface area contributed by atoms with Crippen molar-refractivity contribution in [2.24, 2.45) is 23.0 Å². The highest BCUT2D eigenvalue weighted by Crippen LogP contribution is 2.59. The topological polar surface area (TPSA) is 91.8 Å². The Bertz CT molecular complexity index is 938. The molecule has 0 saturated heterocycles. The second-order valence-electron chi connectivity index (χ2n) is 10.1. The van der Waals surface area contributed by atoms with Gasteiger partial charge < -0.3 is 15.2 Å². The summed E-state index contributed by atoms with van der Waals surface area (Å²) < 4.78 is 13.9. The van der Waals surface area contributed by atoms with Crippen LogP contribution in [0.5, 0.6) is 0 Å². The van der Waals surface area contributed by atoms with E-state index < -0.39 is 6.09 Å². The smallest absolute Gasteiger partial charge is 0.419 e. The third kappa shape index (κ3) is 3.73. The molecule has 8 nitrogen and oxygen atoms in total. The Kier molecular flexibility index (Phi) is 5.53. The number of aromatic nitrogens is 2. The molecule has 1 spiro atoms. The fourth-order valence-electron chi connectivity index (χ4n) is 6.19. The quantitative estimate of drug-likeness (QED) is 0.764. The van der Waals surface area contributed by atoms with Crippen molar-refractivity contribution in [3.63, 3.8) is 0 Å². The molecule has 3 heterocycles. The van der Waals surface area contributed by atoms with Crippen LogP contribution in [0.25, 0.3) is 0 Å². The van der Waals surface area contributed by atoms with Crippen molar-refractivity contribution in [3.05, 3.63) is 41.8 Å². The minimum atomic E-state index is -0.406. The molecular weight excluding hydrogens is 408 g/mol. The number of hydrogen-bond donors (Lipinski definition) is 1. The van der Waals surface area contributed by atoms with Crippen LogP contribution in [0.15, 0.2) is 36.1 Å². The van der Waals surface area contributed by atoms with E-state index in [4.69, 9.17) is 20.0 Å². The van der Waals surface area contributed by atoms with Crippen LogP contribution >= 0.6 is 0 Å². The molecule has 174 valence electrons. The minimum absolute atomic E-state index is 0.0104. The number of nitrogens with zero attached hydrogens (tertiary/aromatic N) is 3. The SMILES string of the molecule is CON1C=CC23CC(C)CC[C@@H]2OC2=C3[C@H](C[C@@H](OC(=O)n3cnc(CC(C)N)c3)C2)C1. The molecule has 0 radical (unpaired) electrons. The Hall–Kier alpha value is -2.32. The number of hydroxylamine groups is 2. The lowest BCUT2D eigenvalue weighted by Crippen LogP contribution is -2.40. The van der Waals surface area contributed by atoms with Crippen LogP contribution < -0.4 is 5.73 Å². The van der Waals surface area contributed by atoms with Gasteiger partial charge in [-0.1, -0.05) is 13.0 Å². The molecular formula is C24H34N4O4. The first kappa shape index (κ1) is 21.5. The number of ether oxygens (including phenoxy) is 2. The predicted molar refractivity (Wildman–Crippen MR) is 118 cm³/mol. The molecule has 0 aromatic carbocycles. The largest absolute Gasteiger partial charge is 0.493 e. The standard InChI is InChI=1S/C24H34N4O4/c1-15-4-5-21-24(11-15)6-7-28(30-3)12-17-9-19(10-20(32-21)22(17)24)31-23(29)27-13-18(26-14-27)8-16(2)25/h6-7,13-17,19,21H,4-5,8-12,25H2,1-3H3/t15?,16?,17-,19-,21+,24?/m1/s1. The first-order valence-electron chi connectivity index (χ1n) is 11.8. The Morgan fingerprint density at radius 1 is 1.44 bits per heavy atom. The lowest BCUT2D eigenvalue weighted by atomic mass is 9.61. The number of nitrogens with two attached hydrogens (primary N) is 1. The van der Waals surface area contributed by atoms with E-state index in [0.29, 0.717) is 18.8 Å². The van der Waals surface area contributed by atoms with Crippen LogP contribution in [-0.2, 0) is 20.7 Å². The van der Waals surface area contributed by atoms with E-state index in [-0.39, 0.29) is 29.6 Å². The van der Waals surface area contributed by atoms with E-state index in [1.165, 1.54) is 22.9 Å². The Labute approximate surface area is 189 Å². The molecule has 1 aromatic rings. The number of carbonyl (C=O) groups is 1. The van der Waals surface area contributed by atoms with Crippen LogP contribution in [0.4, 0.5) is 4.79 Å². The van der Waals surface area contributed by atoms with Crippen LogP contribution in [0.1, 0.15) is 51.6 Å². The zero-order valence-corrected chi connectivity index (χ0v) is 19.2. The van der Waals surface area contributed by atoms with Crippen molar-refractivity contribution in [3.8, 4) is 0 Å². The molecule has 2 N–H and O–H groups in total. The van der Waals surface area contributed by atoms with Crippen LogP contribution in [0, 0.1) is 17.3 Å². The molecule has 5 rings (SSSR count). The molecule has 0 bridgehead atoms. The summed E-state index contributed by atoms with van der Waals surface area (Å²) in [4.78, 5) is 22.7. The van der Waals surface area contributed by atoms with E-state index in [9.17, 15) is 4.79 Å². The first-order chi connectivity index (χ1) is 15.4. The molecule has 8 heteroatoms. The van der Waals surface area contributed by atoms with Gasteiger partial charge in [0.25, 0.3) is 0 Å². The molecule has 1 saturated carbocycles. The van der Waals surface area contributed by atoms with Gasteiger partial charge in [-0.3, -0.25) is 9.90 Å². The highest BCUT2D eigenvalue weighted by atomic mass is 16.7. The van der Waals surface area contributed by atoms with Crippen molar-refractivity contribution >= 4 is 6.09 Å². The summed E-state index contributed by atoms with van der Waals surface area (Å²) in [6.07, 6.45) is 12.5. The van der Waals surface area contributed by atoms with Crippen LogP contribution in [-0.4, -0.2) is 52.6 Å². The lowest BCUT2D eigenvalue weighted by molar-refractivity contribution is -0.0968. The van der Waals surface area contributed by atoms with Gasteiger partial charge in [-0.05, 0) is 44.1 Å². The zero-order chi connectivity index (χ0) is 22.5. The van der Waals surface area contributed by atoms with E-state index in [1.54, 1.807) is 13.3 Å². The summed E-state index contributed by atoms with van der Waals surface area (Å²) in [6, 6.07) is -0.0104. The van der Waals surface area contributed by atoms with Crippen molar-refractivity contribution in [1.82, 2.24) is 14.6 Å². The predicted octanol–water partition coefficient (Wildman–Crippen LogP) is 3.39. The third-order valence-electron chi connectivity index (χ3n) is 7.46. The summed E-state index contributed by atoms with van der Waals surface area (Å²) in [7, 11) is 1.70. The Balaban J connectivity index is 1.37. The van der Waals surface area contributed by atoms with Crippen molar-refractivity contribution in [1.29, 1.82) is 0 Å². The van der Waals surface area contributed by atoms with Crippen molar-refractivity contribution in [2.75, 3.05) is 13.7 Å². The van der Waals surface area contributed by atoms with Gasteiger partial charge in [0.05, 0.1) is 24.8 Å². The van der Waals surface area contributed by atoms with Gasteiger partial charge in [0, 0.05) is 37.2 Å². The molecule has 4 aliphatic rings. The fourth-order valence-corrected chi connectivity index (χ4v) is 6.19. The monoisotopic (exact) mass is 442 g/mol. The second kappa shape index (κ2) is 8.23. The van der Waals surface area contributed by atoms with Crippen LogP contribution in [0.2, 0.25) is 0 Å².